The Labute approximate surface area is 121 Å². The number of carbonyl (C=O) groups excluding carboxylic acids is 1. The molecule has 0 aromatic heterocycles. The van der Waals surface area contributed by atoms with E-state index in [-0.39, 0.29) is 11.7 Å². The summed E-state index contributed by atoms with van der Waals surface area (Å²) >= 11 is 0. The van der Waals surface area contributed by atoms with E-state index in [1.165, 1.54) is 17.3 Å². The Morgan fingerprint density at radius 2 is 1.76 bits per heavy atom. The molecule has 0 bridgehead atoms. The van der Waals surface area contributed by atoms with Crippen LogP contribution in [0.25, 0.3) is 0 Å². The van der Waals surface area contributed by atoms with Gasteiger partial charge in [-0.3, -0.25) is 4.79 Å². The van der Waals surface area contributed by atoms with E-state index >= 15 is 0 Å². The number of para-hydroxylation sites is 2. The first-order chi connectivity index (χ1) is 10.3. The van der Waals surface area contributed by atoms with Gasteiger partial charge in [0.1, 0.15) is 11.4 Å². The molecule has 1 unspecified atom stereocenters. The third-order valence-electron chi connectivity index (χ3n) is 2.96. The van der Waals surface area contributed by atoms with Gasteiger partial charge in [-0.15, -0.1) is 0 Å². The molecule has 1 aliphatic rings. The molecule has 2 aromatic carbocycles. The second-order valence-corrected chi connectivity index (χ2v) is 4.40. The summed E-state index contributed by atoms with van der Waals surface area (Å²) in [5.41, 5.74) is 0.996. The van der Waals surface area contributed by atoms with E-state index in [1.807, 2.05) is 18.2 Å². The first kappa shape index (κ1) is 13.0. The Kier molecular flexibility index (Phi) is 3.42. The summed E-state index contributed by atoms with van der Waals surface area (Å²) in [5, 5.41) is 22.8. The predicted molar refractivity (Wildman–Crippen MR) is 78.8 cm³/mol. The van der Waals surface area contributed by atoms with Crippen LogP contribution >= 0.6 is 0 Å². The monoisotopic (exact) mass is 280 g/mol. The molecule has 0 saturated carbocycles. The van der Waals surface area contributed by atoms with Gasteiger partial charge in [0.15, 0.2) is 6.04 Å². The number of hydrazone groups is 1. The van der Waals surface area contributed by atoms with Gasteiger partial charge in [-0.25, -0.2) is 0 Å². The Bertz CT molecular complexity index is 713. The Morgan fingerprint density at radius 1 is 1.05 bits per heavy atom. The number of nitrogens with zero attached hydrogens (tertiary/aromatic N) is 4. The average molecular weight is 280 g/mol. The maximum atomic E-state index is 12.2. The van der Waals surface area contributed by atoms with Crippen LogP contribution in [0.4, 0.5) is 11.4 Å². The highest BCUT2D eigenvalue weighted by Crippen LogP contribution is 2.26. The lowest BCUT2D eigenvalue weighted by atomic mass is 10.3. The summed E-state index contributed by atoms with van der Waals surface area (Å²) in [6, 6.07) is 14.9. The number of phenols is 1. The maximum Gasteiger partial charge on any atom is 0.279 e. The van der Waals surface area contributed by atoms with E-state index in [2.05, 4.69) is 15.3 Å². The molecule has 3 rings (SSSR count). The van der Waals surface area contributed by atoms with Crippen molar-refractivity contribution < 1.29 is 9.90 Å². The molecule has 0 saturated heterocycles. The molecule has 21 heavy (non-hydrogen) atoms. The molecule has 1 aliphatic heterocycles. The number of hydrogen-bond donors (Lipinski definition) is 1. The maximum absolute atomic E-state index is 12.2. The van der Waals surface area contributed by atoms with Crippen LogP contribution in [0.5, 0.6) is 5.75 Å². The fraction of sp³-hybridized carbons (Fsp3) is 0.0667. The number of rotatable bonds is 3. The second-order valence-electron chi connectivity index (χ2n) is 4.40. The number of benzene rings is 2. The smallest absolute Gasteiger partial charge is 0.279 e. The van der Waals surface area contributed by atoms with Gasteiger partial charge in [0.2, 0.25) is 0 Å². The molecular weight excluding hydrogens is 268 g/mol. The van der Waals surface area contributed by atoms with Crippen LogP contribution in [0.3, 0.4) is 0 Å². The zero-order chi connectivity index (χ0) is 14.7. The second kappa shape index (κ2) is 5.54. The largest absolute Gasteiger partial charge is 0.506 e. The van der Waals surface area contributed by atoms with Crippen molar-refractivity contribution in [1.29, 1.82) is 0 Å². The summed E-state index contributed by atoms with van der Waals surface area (Å²) in [6.45, 7) is 0. The summed E-state index contributed by atoms with van der Waals surface area (Å²) in [4.78, 5) is 12.2. The van der Waals surface area contributed by atoms with Gasteiger partial charge in [-0.1, -0.05) is 30.3 Å². The molecule has 104 valence electrons. The van der Waals surface area contributed by atoms with Gasteiger partial charge in [0.25, 0.3) is 5.91 Å². The van der Waals surface area contributed by atoms with Crippen molar-refractivity contribution in [2.45, 2.75) is 6.04 Å². The lowest BCUT2D eigenvalue weighted by Gasteiger charge is -2.11. The molecule has 2 aromatic rings. The van der Waals surface area contributed by atoms with E-state index in [9.17, 15) is 9.90 Å². The molecule has 0 radical (unpaired) electrons. The SMILES string of the molecule is O=C1C(N=Nc2ccccc2O)C=NN1c1ccccc1. The number of carbonyl (C=O) groups is 1. The summed E-state index contributed by atoms with van der Waals surface area (Å²) in [7, 11) is 0. The number of aromatic hydroxyl groups is 1. The Morgan fingerprint density at radius 3 is 2.52 bits per heavy atom. The number of hydrogen-bond acceptors (Lipinski definition) is 5. The first-order valence-corrected chi connectivity index (χ1v) is 6.37. The minimum atomic E-state index is -0.773. The van der Waals surface area contributed by atoms with E-state index in [0.717, 1.165) is 0 Å². The number of phenolic OH excluding ortho intramolecular Hbond substituents is 1. The molecular formula is C15H12N4O2. The lowest BCUT2D eigenvalue weighted by Crippen LogP contribution is -2.28. The number of anilines is 1. The van der Waals surface area contributed by atoms with Gasteiger partial charge in [-0.05, 0) is 24.3 Å². The Hall–Kier alpha value is -3.02. The van der Waals surface area contributed by atoms with Crippen LogP contribution in [-0.4, -0.2) is 23.3 Å². The average Bonchev–Trinajstić information content (AvgIpc) is 2.88. The first-order valence-electron chi connectivity index (χ1n) is 6.37. The van der Waals surface area contributed by atoms with Gasteiger partial charge in [0, 0.05) is 0 Å². The third-order valence-corrected chi connectivity index (χ3v) is 2.96. The molecule has 0 aliphatic carbocycles. The molecule has 1 heterocycles. The third kappa shape index (κ3) is 2.64. The minimum absolute atomic E-state index is 0.0172. The Balaban J connectivity index is 1.76. The highest BCUT2D eigenvalue weighted by atomic mass is 16.3. The molecule has 6 heteroatoms. The molecule has 1 N–H and O–H groups in total. The van der Waals surface area contributed by atoms with Crippen LogP contribution in [0.1, 0.15) is 0 Å². The summed E-state index contributed by atoms with van der Waals surface area (Å²) < 4.78 is 0. The molecule has 0 spiro atoms. The topological polar surface area (TPSA) is 77.6 Å². The normalized spacial score (nSPS) is 17.8. The van der Waals surface area contributed by atoms with Crippen LogP contribution in [0.2, 0.25) is 0 Å². The van der Waals surface area contributed by atoms with Crippen molar-refractivity contribution in [2.24, 2.45) is 15.3 Å². The van der Waals surface area contributed by atoms with Gasteiger partial charge in [-0.2, -0.15) is 20.3 Å². The van der Waals surface area contributed by atoms with E-state index in [4.69, 9.17) is 0 Å². The quantitative estimate of drug-likeness (QED) is 0.877. The van der Waals surface area contributed by atoms with Crippen LogP contribution in [-0.2, 0) is 4.79 Å². The minimum Gasteiger partial charge on any atom is -0.506 e. The van der Waals surface area contributed by atoms with Crippen LogP contribution in [0, 0.1) is 0 Å². The van der Waals surface area contributed by atoms with Gasteiger partial charge in [0.05, 0.1) is 11.9 Å². The molecule has 1 amide bonds. The van der Waals surface area contributed by atoms with Crippen molar-refractivity contribution in [3.05, 3.63) is 54.6 Å². The van der Waals surface area contributed by atoms with Gasteiger partial charge < -0.3 is 5.11 Å². The number of amides is 1. The van der Waals surface area contributed by atoms with E-state index < -0.39 is 6.04 Å². The lowest BCUT2D eigenvalue weighted by molar-refractivity contribution is -0.117. The highest BCUT2D eigenvalue weighted by molar-refractivity contribution is 6.11. The van der Waals surface area contributed by atoms with Crippen LogP contribution < -0.4 is 5.01 Å². The zero-order valence-corrected chi connectivity index (χ0v) is 11.0. The zero-order valence-electron chi connectivity index (χ0n) is 11.0. The predicted octanol–water partition coefficient (Wildman–Crippen LogP) is 2.88. The standard InChI is InChI=1S/C15H12N4O2/c20-14-9-5-4-8-12(14)17-18-13-10-16-19(15(13)21)11-6-2-1-3-7-11/h1-10,13,20H. The van der Waals surface area contributed by atoms with Crippen molar-refractivity contribution in [3.63, 3.8) is 0 Å². The van der Waals surface area contributed by atoms with Crippen molar-refractivity contribution >= 4 is 23.5 Å². The fourth-order valence-electron chi connectivity index (χ4n) is 1.89. The molecule has 6 nitrogen and oxygen atoms in total. The summed E-state index contributed by atoms with van der Waals surface area (Å²) in [5.74, 6) is -0.260. The van der Waals surface area contributed by atoms with Crippen molar-refractivity contribution in [2.75, 3.05) is 5.01 Å². The summed E-state index contributed by atoms with van der Waals surface area (Å²) in [6.07, 6.45) is 1.43. The van der Waals surface area contributed by atoms with E-state index in [0.29, 0.717) is 11.4 Å². The number of azo groups is 1. The highest BCUT2D eigenvalue weighted by Gasteiger charge is 2.29. The van der Waals surface area contributed by atoms with Crippen molar-refractivity contribution in [3.8, 4) is 5.75 Å². The van der Waals surface area contributed by atoms with Gasteiger partial charge >= 0.3 is 0 Å². The van der Waals surface area contributed by atoms with Crippen molar-refractivity contribution in [1.82, 2.24) is 0 Å². The fourth-order valence-corrected chi connectivity index (χ4v) is 1.89. The molecule has 0 fully saturated rings. The van der Waals surface area contributed by atoms with Crippen LogP contribution in [0.15, 0.2) is 69.9 Å². The molecule has 1 atom stereocenters. The van der Waals surface area contributed by atoms with E-state index in [1.54, 1.807) is 30.3 Å².